The highest BCUT2D eigenvalue weighted by Crippen LogP contribution is 2.40. The van der Waals surface area contributed by atoms with Gasteiger partial charge in [-0.05, 0) is 37.3 Å². The summed E-state index contributed by atoms with van der Waals surface area (Å²) in [7, 11) is 0. The number of halogens is 1. The smallest absolute Gasteiger partial charge is 0.226 e. The zero-order valence-electron chi connectivity index (χ0n) is 10.3. The first-order valence-electron chi connectivity index (χ1n) is 6.55. The minimum absolute atomic E-state index is 0.189. The van der Waals surface area contributed by atoms with Crippen molar-refractivity contribution in [1.82, 2.24) is 20.2 Å². The van der Waals surface area contributed by atoms with Crippen LogP contribution in [0.1, 0.15) is 25.7 Å². The Balaban J connectivity index is 1.84. The standard InChI is InChI=1S/C12H14ClN5O/c13-12-15-10-9(5-14-17-10)11(16-12)18-6-1-2-7(18)4-8(19)3-6/h5-8,19H,1-4H2,(H,14,15,16,17). The molecule has 0 amide bonds. The number of fused-ring (bicyclic) bond motifs is 3. The summed E-state index contributed by atoms with van der Waals surface area (Å²) < 4.78 is 0. The van der Waals surface area contributed by atoms with E-state index >= 15 is 0 Å². The van der Waals surface area contributed by atoms with Crippen molar-refractivity contribution in [2.75, 3.05) is 4.90 Å². The van der Waals surface area contributed by atoms with Crippen LogP contribution in [0.15, 0.2) is 6.20 Å². The van der Waals surface area contributed by atoms with Crippen molar-refractivity contribution in [3.8, 4) is 0 Å². The molecule has 2 unspecified atom stereocenters. The molecule has 2 atom stereocenters. The summed E-state index contributed by atoms with van der Waals surface area (Å²) in [4.78, 5) is 10.8. The van der Waals surface area contributed by atoms with Crippen molar-refractivity contribution in [2.24, 2.45) is 0 Å². The summed E-state index contributed by atoms with van der Waals surface area (Å²) in [6, 6.07) is 0.690. The van der Waals surface area contributed by atoms with Gasteiger partial charge in [0.05, 0.1) is 17.7 Å². The van der Waals surface area contributed by atoms with Crippen molar-refractivity contribution in [3.05, 3.63) is 11.5 Å². The van der Waals surface area contributed by atoms with Gasteiger partial charge in [0.1, 0.15) is 5.82 Å². The number of aromatic nitrogens is 4. The lowest BCUT2D eigenvalue weighted by Gasteiger charge is -2.38. The van der Waals surface area contributed by atoms with Crippen molar-refractivity contribution < 1.29 is 5.11 Å². The summed E-state index contributed by atoms with van der Waals surface area (Å²) in [6.07, 6.45) is 5.36. The predicted molar refractivity (Wildman–Crippen MR) is 71.2 cm³/mol. The highest BCUT2D eigenvalue weighted by atomic mass is 35.5. The van der Waals surface area contributed by atoms with Crippen LogP contribution >= 0.6 is 11.6 Å². The number of hydrogen-bond acceptors (Lipinski definition) is 5. The lowest BCUT2D eigenvalue weighted by atomic mass is 10.00. The van der Waals surface area contributed by atoms with Crippen LogP contribution in [0.5, 0.6) is 0 Å². The van der Waals surface area contributed by atoms with Crippen LogP contribution in [0.4, 0.5) is 5.82 Å². The molecule has 100 valence electrons. The number of nitrogens with zero attached hydrogens (tertiary/aromatic N) is 4. The van der Waals surface area contributed by atoms with Crippen LogP contribution in [0.3, 0.4) is 0 Å². The molecule has 2 aliphatic heterocycles. The Hall–Kier alpha value is -1.40. The molecule has 2 aliphatic rings. The number of rotatable bonds is 1. The van der Waals surface area contributed by atoms with Gasteiger partial charge in [-0.15, -0.1) is 0 Å². The van der Waals surface area contributed by atoms with E-state index in [4.69, 9.17) is 11.6 Å². The molecule has 2 fully saturated rings. The van der Waals surface area contributed by atoms with E-state index in [1.165, 1.54) is 0 Å². The van der Waals surface area contributed by atoms with Crippen LogP contribution in [0.2, 0.25) is 5.28 Å². The van der Waals surface area contributed by atoms with E-state index in [-0.39, 0.29) is 11.4 Å². The van der Waals surface area contributed by atoms with E-state index in [0.717, 1.165) is 36.9 Å². The Bertz CT molecular complexity index is 616. The van der Waals surface area contributed by atoms with Crippen molar-refractivity contribution in [1.29, 1.82) is 0 Å². The summed E-state index contributed by atoms with van der Waals surface area (Å²) in [5.41, 5.74) is 0.667. The van der Waals surface area contributed by atoms with Gasteiger partial charge in [-0.25, -0.2) is 0 Å². The first-order chi connectivity index (χ1) is 9.22. The Morgan fingerprint density at radius 2 is 2.00 bits per heavy atom. The molecule has 19 heavy (non-hydrogen) atoms. The molecule has 6 nitrogen and oxygen atoms in total. The summed E-state index contributed by atoms with van der Waals surface area (Å²) in [5.74, 6) is 0.850. The van der Waals surface area contributed by atoms with E-state index in [1.807, 2.05) is 0 Å². The fraction of sp³-hybridized carbons (Fsp3) is 0.583. The van der Waals surface area contributed by atoms with E-state index in [9.17, 15) is 5.11 Å². The molecule has 0 spiro atoms. The van der Waals surface area contributed by atoms with Crippen LogP contribution < -0.4 is 4.90 Å². The predicted octanol–water partition coefficient (Wildman–Crippen LogP) is 1.50. The molecule has 2 aromatic heterocycles. The number of nitrogens with one attached hydrogen (secondary N) is 1. The Labute approximate surface area is 114 Å². The second-order valence-electron chi connectivity index (χ2n) is 5.37. The van der Waals surface area contributed by atoms with Crippen LogP contribution in [-0.2, 0) is 0 Å². The molecule has 2 saturated heterocycles. The van der Waals surface area contributed by atoms with Crippen molar-refractivity contribution >= 4 is 28.5 Å². The molecule has 0 aliphatic carbocycles. The molecular weight excluding hydrogens is 266 g/mol. The van der Waals surface area contributed by atoms with Gasteiger partial charge in [0.15, 0.2) is 5.65 Å². The van der Waals surface area contributed by atoms with Crippen molar-refractivity contribution in [2.45, 2.75) is 43.9 Å². The first kappa shape index (κ1) is 11.4. The number of piperidine rings is 1. The number of aliphatic hydroxyl groups excluding tert-OH is 1. The van der Waals surface area contributed by atoms with Gasteiger partial charge in [-0.2, -0.15) is 15.1 Å². The van der Waals surface area contributed by atoms with Crippen LogP contribution in [0.25, 0.3) is 11.0 Å². The maximum absolute atomic E-state index is 9.88. The van der Waals surface area contributed by atoms with E-state index in [1.54, 1.807) is 6.20 Å². The number of aromatic amines is 1. The molecule has 4 heterocycles. The number of hydrogen-bond donors (Lipinski definition) is 2. The third kappa shape index (κ3) is 1.70. The minimum atomic E-state index is -0.189. The second-order valence-corrected chi connectivity index (χ2v) is 5.70. The molecule has 2 bridgehead atoms. The fourth-order valence-corrected chi connectivity index (χ4v) is 3.65. The van der Waals surface area contributed by atoms with Gasteiger partial charge in [-0.3, -0.25) is 5.10 Å². The molecule has 2 aromatic rings. The number of anilines is 1. The molecule has 2 N–H and O–H groups in total. The second kappa shape index (κ2) is 4.05. The number of aliphatic hydroxyl groups is 1. The maximum atomic E-state index is 9.88. The SMILES string of the molecule is OC1CC2CCC(C1)N2c1nc(Cl)nc2[nH]ncc12. The molecular formula is C12H14ClN5O. The third-order valence-corrected chi connectivity index (χ3v) is 4.38. The fourth-order valence-electron chi connectivity index (χ4n) is 3.48. The van der Waals surface area contributed by atoms with Gasteiger partial charge < -0.3 is 10.0 Å². The van der Waals surface area contributed by atoms with Gasteiger partial charge in [-0.1, -0.05) is 0 Å². The monoisotopic (exact) mass is 279 g/mol. The van der Waals surface area contributed by atoms with E-state index in [0.29, 0.717) is 17.7 Å². The van der Waals surface area contributed by atoms with Gasteiger partial charge in [0.25, 0.3) is 0 Å². The minimum Gasteiger partial charge on any atom is -0.393 e. The summed E-state index contributed by atoms with van der Waals surface area (Å²) in [5, 5.41) is 17.9. The molecule has 0 saturated carbocycles. The zero-order valence-corrected chi connectivity index (χ0v) is 11.0. The largest absolute Gasteiger partial charge is 0.393 e. The first-order valence-corrected chi connectivity index (χ1v) is 6.93. The average Bonchev–Trinajstić information content (AvgIpc) is 2.92. The summed E-state index contributed by atoms with van der Waals surface area (Å²) >= 11 is 6.00. The lowest BCUT2D eigenvalue weighted by molar-refractivity contribution is 0.126. The van der Waals surface area contributed by atoms with Crippen LogP contribution in [-0.4, -0.2) is 43.5 Å². The Morgan fingerprint density at radius 3 is 2.74 bits per heavy atom. The third-order valence-electron chi connectivity index (χ3n) is 4.22. The van der Waals surface area contributed by atoms with Gasteiger partial charge in [0, 0.05) is 12.1 Å². The van der Waals surface area contributed by atoms with Gasteiger partial charge >= 0.3 is 0 Å². The molecule has 0 radical (unpaired) electrons. The Morgan fingerprint density at radius 1 is 1.26 bits per heavy atom. The average molecular weight is 280 g/mol. The van der Waals surface area contributed by atoms with E-state index in [2.05, 4.69) is 25.1 Å². The molecule has 0 aromatic carbocycles. The van der Waals surface area contributed by atoms with Crippen molar-refractivity contribution in [3.63, 3.8) is 0 Å². The van der Waals surface area contributed by atoms with E-state index < -0.39 is 0 Å². The lowest BCUT2D eigenvalue weighted by Crippen LogP contribution is -2.45. The summed E-state index contributed by atoms with van der Waals surface area (Å²) in [6.45, 7) is 0. The maximum Gasteiger partial charge on any atom is 0.226 e. The highest BCUT2D eigenvalue weighted by Gasteiger charge is 2.41. The molecule has 7 heteroatoms. The molecule has 4 rings (SSSR count). The zero-order chi connectivity index (χ0) is 13.0. The normalized spacial score (nSPS) is 30.2. The highest BCUT2D eigenvalue weighted by molar-refractivity contribution is 6.28. The Kier molecular flexibility index (Phi) is 2.43. The van der Waals surface area contributed by atoms with Crippen LogP contribution in [0, 0.1) is 0 Å². The quantitative estimate of drug-likeness (QED) is 0.774. The topological polar surface area (TPSA) is 77.9 Å². The van der Waals surface area contributed by atoms with Gasteiger partial charge in [0.2, 0.25) is 5.28 Å². The number of H-pyrrole nitrogens is 1.